The van der Waals surface area contributed by atoms with Crippen LogP contribution in [-0.4, -0.2) is 58.8 Å². The maximum atomic E-state index is 13.9. The van der Waals surface area contributed by atoms with Crippen molar-refractivity contribution in [3.63, 3.8) is 0 Å². The first-order valence-corrected chi connectivity index (χ1v) is 13.6. The second-order valence-corrected chi connectivity index (χ2v) is 10.4. The Hall–Kier alpha value is -3.70. The van der Waals surface area contributed by atoms with Crippen molar-refractivity contribution < 1.29 is 18.4 Å². The van der Waals surface area contributed by atoms with Crippen molar-refractivity contribution in [2.24, 2.45) is 0 Å². The minimum Gasteiger partial charge on any atom is -0.411 e. The number of nitrogens with one attached hydrogen (secondary N) is 1. The van der Waals surface area contributed by atoms with Crippen molar-refractivity contribution in [3.05, 3.63) is 88.6 Å². The third-order valence-corrected chi connectivity index (χ3v) is 7.36. The van der Waals surface area contributed by atoms with E-state index in [4.69, 9.17) is 4.42 Å². The summed E-state index contributed by atoms with van der Waals surface area (Å²) in [6.45, 7) is 2.73. The number of nitrogens with zero attached hydrogens (tertiary/aromatic N) is 4. The molecule has 1 aliphatic heterocycles. The van der Waals surface area contributed by atoms with E-state index in [-0.39, 0.29) is 34.2 Å². The van der Waals surface area contributed by atoms with Gasteiger partial charge >= 0.3 is 0 Å². The van der Waals surface area contributed by atoms with E-state index < -0.39 is 5.82 Å². The summed E-state index contributed by atoms with van der Waals surface area (Å²) in [5.41, 5.74) is 2.60. The first kappa shape index (κ1) is 25.9. The van der Waals surface area contributed by atoms with E-state index in [2.05, 4.69) is 36.3 Å². The number of thioether (sulfide) groups is 1. The van der Waals surface area contributed by atoms with Gasteiger partial charge in [-0.1, -0.05) is 39.8 Å². The molecule has 4 aromatic rings. The SMILES string of the molecule is O=C(CSc1nnc(-c2ccccc2F)o1)Nc1ccc(N2CCN(C(=O)c3ccc(Br)cc3)CC2)cc1. The van der Waals surface area contributed by atoms with Gasteiger partial charge in [0.15, 0.2) is 0 Å². The number of carbonyl (C=O) groups is 2. The van der Waals surface area contributed by atoms with Gasteiger partial charge in [0.25, 0.3) is 17.0 Å². The smallest absolute Gasteiger partial charge is 0.277 e. The number of hydrogen-bond acceptors (Lipinski definition) is 7. The van der Waals surface area contributed by atoms with E-state index in [1.54, 1.807) is 18.2 Å². The Labute approximate surface area is 231 Å². The molecule has 1 fully saturated rings. The molecule has 2 heterocycles. The predicted molar refractivity (Wildman–Crippen MR) is 148 cm³/mol. The average Bonchev–Trinajstić information content (AvgIpc) is 3.42. The summed E-state index contributed by atoms with van der Waals surface area (Å²) in [6.07, 6.45) is 0. The van der Waals surface area contributed by atoms with Crippen LogP contribution in [0.15, 0.2) is 86.9 Å². The standard InChI is InChI=1S/C27H23BrFN5O3S/c28-19-7-5-18(6-8-19)26(36)34-15-13-33(14-16-34)21-11-9-20(10-12-21)30-24(35)17-38-27-32-31-25(37-27)22-3-1-2-4-23(22)29/h1-12H,13-17H2,(H,30,35). The third kappa shape index (κ3) is 6.22. The topological polar surface area (TPSA) is 91.6 Å². The molecule has 1 aromatic heterocycles. The van der Waals surface area contributed by atoms with Gasteiger partial charge in [-0.25, -0.2) is 4.39 Å². The summed E-state index contributed by atoms with van der Waals surface area (Å²) < 4.78 is 20.3. The van der Waals surface area contributed by atoms with Gasteiger partial charge in [0.05, 0.1) is 11.3 Å². The second kappa shape index (κ2) is 11.8. The van der Waals surface area contributed by atoms with Crippen LogP contribution in [0.2, 0.25) is 0 Å². The van der Waals surface area contributed by atoms with Crippen molar-refractivity contribution >= 4 is 50.9 Å². The van der Waals surface area contributed by atoms with Crippen molar-refractivity contribution in [2.45, 2.75) is 5.22 Å². The summed E-state index contributed by atoms with van der Waals surface area (Å²) in [4.78, 5) is 29.2. The van der Waals surface area contributed by atoms with Crippen molar-refractivity contribution in [1.29, 1.82) is 0 Å². The molecule has 0 unspecified atom stereocenters. The van der Waals surface area contributed by atoms with E-state index in [9.17, 15) is 14.0 Å². The Morgan fingerprint density at radius 2 is 1.66 bits per heavy atom. The molecule has 38 heavy (non-hydrogen) atoms. The molecular formula is C27H23BrFN5O3S. The van der Waals surface area contributed by atoms with Crippen LogP contribution in [0.25, 0.3) is 11.5 Å². The number of piperazine rings is 1. The molecule has 0 saturated carbocycles. The summed E-state index contributed by atoms with van der Waals surface area (Å²) in [5.74, 6) is -0.509. The normalized spacial score (nSPS) is 13.4. The molecule has 2 amide bonds. The molecule has 5 rings (SSSR count). The van der Waals surface area contributed by atoms with Gasteiger partial charge in [-0.15, -0.1) is 10.2 Å². The molecule has 11 heteroatoms. The number of amides is 2. The first-order chi connectivity index (χ1) is 18.5. The summed E-state index contributed by atoms with van der Waals surface area (Å²) in [7, 11) is 0. The maximum absolute atomic E-state index is 13.9. The van der Waals surface area contributed by atoms with Gasteiger partial charge in [0, 0.05) is 47.6 Å². The minimum atomic E-state index is -0.454. The highest BCUT2D eigenvalue weighted by Gasteiger charge is 2.22. The van der Waals surface area contributed by atoms with Crippen LogP contribution >= 0.6 is 27.7 Å². The summed E-state index contributed by atoms with van der Waals surface area (Å²) >= 11 is 4.47. The lowest BCUT2D eigenvalue weighted by molar-refractivity contribution is -0.113. The Balaban J connectivity index is 1.09. The van der Waals surface area contributed by atoms with E-state index in [0.29, 0.717) is 24.3 Å². The lowest BCUT2D eigenvalue weighted by Gasteiger charge is -2.36. The third-order valence-electron chi connectivity index (χ3n) is 6.01. The van der Waals surface area contributed by atoms with Gasteiger partial charge in [-0.05, 0) is 60.7 Å². The molecule has 194 valence electrons. The van der Waals surface area contributed by atoms with Crippen LogP contribution in [0.5, 0.6) is 0 Å². The molecule has 1 N–H and O–H groups in total. The zero-order valence-corrected chi connectivity index (χ0v) is 22.5. The fourth-order valence-electron chi connectivity index (χ4n) is 4.03. The lowest BCUT2D eigenvalue weighted by Crippen LogP contribution is -2.48. The molecule has 3 aromatic carbocycles. The Bertz CT molecular complexity index is 1420. The molecule has 0 atom stereocenters. The summed E-state index contributed by atoms with van der Waals surface area (Å²) in [6, 6.07) is 21.1. The van der Waals surface area contributed by atoms with E-state index >= 15 is 0 Å². The van der Waals surface area contributed by atoms with Gasteiger partial charge < -0.3 is 19.5 Å². The zero-order valence-electron chi connectivity index (χ0n) is 20.1. The maximum Gasteiger partial charge on any atom is 0.277 e. The molecule has 1 saturated heterocycles. The number of carbonyl (C=O) groups excluding carboxylic acids is 2. The van der Waals surface area contributed by atoms with Gasteiger partial charge in [-0.3, -0.25) is 9.59 Å². The van der Waals surface area contributed by atoms with Crippen LogP contribution in [0.1, 0.15) is 10.4 Å². The molecule has 0 aliphatic carbocycles. The molecule has 0 radical (unpaired) electrons. The number of anilines is 2. The zero-order chi connectivity index (χ0) is 26.5. The number of benzene rings is 3. The highest BCUT2D eigenvalue weighted by molar-refractivity contribution is 9.10. The Kier molecular flexibility index (Phi) is 8.04. The average molecular weight is 596 g/mol. The summed E-state index contributed by atoms with van der Waals surface area (Å²) in [5, 5.41) is 10.8. The number of aromatic nitrogens is 2. The van der Waals surface area contributed by atoms with Crippen LogP contribution < -0.4 is 10.2 Å². The van der Waals surface area contributed by atoms with Crippen LogP contribution in [0, 0.1) is 5.82 Å². The van der Waals surface area contributed by atoms with Crippen LogP contribution in [0.4, 0.5) is 15.8 Å². The largest absolute Gasteiger partial charge is 0.411 e. The monoisotopic (exact) mass is 595 g/mol. The van der Waals surface area contributed by atoms with E-state index in [1.807, 2.05) is 53.4 Å². The quantitative estimate of drug-likeness (QED) is 0.289. The number of hydrogen-bond donors (Lipinski definition) is 1. The van der Waals surface area contributed by atoms with E-state index in [0.717, 1.165) is 35.0 Å². The fraction of sp³-hybridized carbons (Fsp3) is 0.185. The Morgan fingerprint density at radius 1 is 0.947 bits per heavy atom. The highest BCUT2D eigenvalue weighted by atomic mass is 79.9. The minimum absolute atomic E-state index is 0.0389. The Morgan fingerprint density at radius 3 is 2.37 bits per heavy atom. The van der Waals surface area contributed by atoms with Gasteiger partial charge in [0.1, 0.15) is 5.82 Å². The van der Waals surface area contributed by atoms with E-state index in [1.165, 1.54) is 6.07 Å². The molecule has 0 bridgehead atoms. The second-order valence-electron chi connectivity index (χ2n) is 8.52. The fourth-order valence-corrected chi connectivity index (χ4v) is 4.86. The highest BCUT2D eigenvalue weighted by Crippen LogP contribution is 2.26. The number of rotatable bonds is 7. The van der Waals surface area contributed by atoms with Gasteiger partial charge in [0.2, 0.25) is 5.91 Å². The van der Waals surface area contributed by atoms with Crippen molar-refractivity contribution in [3.8, 4) is 11.5 Å². The van der Waals surface area contributed by atoms with Crippen molar-refractivity contribution in [1.82, 2.24) is 15.1 Å². The van der Waals surface area contributed by atoms with Crippen LogP contribution in [0.3, 0.4) is 0 Å². The molecule has 8 nitrogen and oxygen atoms in total. The van der Waals surface area contributed by atoms with Crippen molar-refractivity contribution in [2.75, 3.05) is 42.1 Å². The first-order valence-electron chi connectivity index (χ1n) is 11.9. The lowest BCUT2D eigenvalue weighted by atomic mass is 10.1. The molecular weight excluding hydrogens is 573 g/mol. The predicted octanol–water partition coefficient (Wildman–Crippen LogP) is 5.33. The van der Waals surface area contributed by atoms with Crippen LogP contribution in [-0.2, 0) is 4.79 Å². The van der Waals surface area contributed by atoms with Gasteiger partial charge in [-0.2, -0.15) is 0 Å². The molecule has 0 spiro atoms. The number of halogens is 2. The molecule has 1 aliphatic rings.